The lowest BCUT2D eigenvalue weighted by Gasteiger charge is -2.19. The van der Waals surface area contributed by atoms with Crippen LogP contribution in [0.5, 0.6) is 0 Å². The molecule has 0 aliphatic heterocycles. The summed E-state index contributed by atoms with van der Waals surface area (Å²) in [5, 5.41) is 3.10. The van der Waals surface area contributed by atoms with Crippen molar-refractivity contribution in [3.8, 4) is 0 Å². The molecule has 0 amide bonds. The summed E-state index contributed by atoms with van der Waals surface area (Å²) in [5.41, 5.74) is 1.66. The van der Waals surface area contributed by atoms with E-state index in [0.717, 1.165) is 11.1 Å². The molecule has 1 N–H and O–H groups in total. The van der Waals surface area contributed by atoms with Crippen LogP contribution in [0.3, 0.4) is 0 Å². The minimum Gasteiger partial charge on any atom is -0.309 e. The van der Waals surface area contributed by atoms with Crippen molar-refractivity contribution < 1.29 is 8.78 Å². The van der Waals surface area contributed by atoms with Gasteiger partial charge in [0, 0.05) is 0 Å². The van der Waals surface area contributed by atoms with Crippen molar-refractivity contribution in [3.63, 3.8) is 0 Å². The highest BCUT2D eigenvalue weighted by atomic mass is 79.9. The van der Waals surface area contributed by atoms with Crippen molar-refractivity contribution in [1.29, 1.82) is 0 Å². The molecule has 18 heavy (non-hydrogen) atoms. The standard InChI is InChI=1S/C14H12BrF2N/c1-18-14(9-5-7-10(16)8-6-9)11-3-2-4-12(17)13(11)15/h2-8,14,18H,1H3. The lowest BCUT2D eigenvalue weighted by atomic mass is 9.99. The molecular formula is C14H12BrF2N. The van der Waals surface area contributed by atoms with Gasteiger partial charge in [-0.25, -0.2) is 8.78 Å². The monoisotopic (exact) mass is 311 g/mol. The van der Waals surface area contributed by atoms with Gasteiger partial charge in [0.25, 0.3) is 0 Å². The highest BCUT2D eigenvalue weighted by molar-refractivity contribution is 9.10. The molecule has 1 nitrogen and oxygen atoms in total. The molecule has 0 fully saturated rings. The zero-order valence-corrected chi connectivity index (χ0v) is 11.3. The molecule has 0 spiro atoms. The average molecular weight is 312 g/mol. The zero-order chi connectivity index (χ0) is 13.1. The molecule has 2 rings (SSSR count). The molecule has 1 atom stereocenters. The molecule has 0 bridgehead atoms. The van der Waals surface area contributed by atoms with E-state index in [2.05, 4.69) is 21.2 Å². The van der Waals surface area contributed by atoms with Gasteiger partial charge in [-0.3, -0.25) is 0 Å². The summed E-state index contributed by atoms with van der Waals surface area (Å²) in [6, 6.07) is 10.9. The third-order valence-corrected chi connectivity index (χ3v) is 3.62. The first-order chi connectivity index (χ1) is 8.63. The largest absolute Gasteiger partial charge is 0.309 e. The Morgan fingerprint density at radius 1 is 1.06 bits per heavy atom. The lowest BCUT2D eigenvalue weighted by Crippen LogP contribution is -2.18. The van der Waals surface area contributed by atoms with Gasteiger partial charge < -0.3 is 5.32 Å². The van der Waals surface area contributed by atoms with E-state index in [1.54, 1.807) is 25.2 Å². The van der Waals surface area contributed by atoms with E-state index in [1.165, 1.54) is 18.2 Å². The van der Waals surface area contributed by atoms with Gasteiger partial charge in [0.05, 0.1) is 10.5 Å². The second kappa shape index (κ2) is 5.59. The Labute approximate surface area is 113 Å². The lowest BCUT2D eigenvalue weighted by molar-refractivity contribution is 0.606. The number of hydrogen-bond donors (Lipinski definition) is 1. The van der Waals surface area contributed by atoms with E-state index < -0.39 is 0 Å². The van der Waals surface area contributed by atoms with Crippen LogP contribution in [0.15, 0.2) is 46.9 Å². The molecule has 94 valence electrons. The molecule has 0 aliphatic carbocycles. The summed E-state index contributed by atoms with van der Waals surface area (Å²) >= 11 is 3.24. The van der Waals surface area contributed by atoms with Crippen molar-refractivity contribution in [2.45, 2.75) is 6.04 Å². The maximum Gasteiger partial charge on any atom is 0.137 e. The third kappa shape index (κ3) is 2.60. The molecule has 0 saturated heterocycles. The van der Waals surface area contributed by atoms with Crippen LogP contribution < -0.4 is 5.32 Å². The van der Waals surface area contributed by atoms with Gasteiger partial charge in [0.1, 0.15) is 11.6 Å². The van der Waals surface area contributed by atoms with Gasteiger partial charge in [0.15, 0.2) is 0 Å². The molecule has 2 aromatic rings. The summed E-state index contributed by atoms with van der Waals surface area (Å²) in [6.07, 6.45) is 0. The van der Waals surface area contributed by atoms with Gasteiger partial charge in [-0.1, -0.05) is 24.3 Å². The summed E-state index contributed by atoms with van der Waals surface area (Å²) < 4.78 is 26.9. The van der Waals surface area contributed by atoms with Crippen molar-refractivity contribution in [2.24, 2.45) is 0 Å². The SMILES string of the molecule is CNC(c1ccc(F)cc1)c1cccc(F)c1Br. The Kier molecular flexibility index (Phi) is 4.09. The summed E-state index contributed by atoms with van der Waals surface area (Å²) in [4.78, 5) is 0. The fourth-order valence-corrected chi connectivity index (χ4v) is 2.39. The van der Waals surface area contributed by atoms with Crippen LogP contribution in [0.4, 0.5) is 8.78 Å². The average Bonchev–Trinajstić information content (AvgIpc) is 2.37. The summed E-state index contributed by atoms with van der Waals surface area (Å²) in [7, 11) is 1.78. The summed E-state index contributed by atoms with van der Waals surface area (Å²) in [5.74, 6) is -0.596. The Morgan fingerprint density at radius 2 is 1.72 bits per heavy atom. The predicted molar refractivity (Wildman–Crippen MR) is 71.4 cm³/mol. The van der Waals surface area contributed by atoms with E-state index in [9.17, 15) is 8.78 Å². The van der Waals surface area contributed by atoms with Gasteiger partial charge in [-0.15, -0.1) is 0 Å². The molecule has 0 radical (unpaired) electrons. The van der Waals surface area contributed by atoms with Crippen molar-refractivity contribution in [3.05, 3.63) is 69.7 Å². The molecule has 1 unspecified atom stereocenters. The Morgan fingerprint density at radius 3 is 2.33 bits per heavy atom. The molecule has 0 aliphatic rings. The Hall–Kier alpha value is -1.26. The Balaban J connectivity index is 2.45. The van der Waals surface area contributed by atoms with Crippen LogP contribution in [0.25, 0.3) is 0 Å². The van der Waals surface area contributed by atoms with Crippen LogP contribution >= 0.6 is 15.9 Å². The molecule has 0 saturated carbocycles. The number of nitrogens with one attached hydrogen (secondary N) is 1. The first kappa shape index (κ1) is 13.2. The topological polar surface area (TPSA) is 12.0 Å². The molecule has 0 heterocycles. The highest BCUT2D eigenvalue weighted by Crippen LogP contribution is 2.30. The minimum absolute atomic E-state index is 0.185. The van der Waals surface area contributed by atoms with Gasteiger partial charge in [-0.05, 0) is 52.3 Å². The zero-order valence-electron chi connectivity index (χ0n) is 9.75. The predicted octanol–water partition coefficient (Wildman–Crippen LogP) is 4.04. The van der Waals surface area contributed by atoms with Crippen LogP contribution in [0.2, 0.25) is 0 Å². The quantitative estimate of drug-likeness (QED) is 0.902. The molecule has 2 aromatic carbocycles. The van der Waals surface area contributed by atoms with Gasteiger partial charge in [0.2, 0.25) is 0 Å². The van der Waals surface area contributed by atoms with Crippen molar-refractivity contribution >= 4 is 15.9 Å². The maximum absolute atomic E-state index is 13.5. The first-order valence-electron chi connectivity index (χ1n) is 5.50. The van der Waals surface area contributed by atoms with E-state index in [4.69, 9.17) is 0 Å². The molecular weight excluding hydrogens is 300 g/mol. The van der Waals surface area contributed by atoms with E-state index in [1.807, 2.05) is 6.07 Å². The first-order valence-corrected chi connectivity index (χ1v) is 6.29. The Bertz CT molecular complexity index is 540. The van der Waals surface area contributed by atoms with Crippen LogP contribution in [0.1, 0.15) is 17.2 Å². The van der Waals surface area contributed by atoms with Gasteiger partial charge >= 0.3 is 0 Å². The number of benzene rings is 2. The van der Waals surface area contributed by atoms with Crippen molar-refractivity contribution in [1.82, 2.24) is 5.32 Å². The third-order valence-electron chi connectivity index (χ3n) is 2.78. The van der Waals surface area contributed by atoms with Crippen LogP contribution in [0, 0.1) is 11.6 Å². The van der Waals surface area contributed by atoms with E-state index in [-0.39, 0.29) is 17.7 Å². The molecule has 4 heteroatoms. The fourth-order valence-electron chi connectivity index (χ4n) is 1.90. The normalized spacial score (nSPS) is 12.4. The fraction of sp³-hybridized carbons (Fsp3) is 0.143. The minimum atomic E-state index is -0.310. The second-order valence-electron chi connectivity index (χ2n) is 3.92. The molecule has 0 aromatic heterocycles. The van der Waals surface area contributed by atoms with E-state index in [0.29, 0.717) is 4.47 Å². The number of halogens is 3. The van der Waals surface area contributed by atoms with Gasteiger partial charge in [-0.2, -0.15) is 0 Å². The van der Waals surface area contributed by atoms with Crippen molar-refractivity contribution in [2.75, 3.05) is 7.05 Å². The number of rotatable bonds is 3. The van der Waals surface area contributed by atoms with E-state index >= 15 is 0 Å². The smallest absolute Gasteiger partial charge is 0.137 e. The second-order valence-corrected chi connectivity index (χ2v) is 4.71. The maximum atomic E-state index is 13.5. The van der Waals surface area contributed by atoms with Crippen LogP contribution in [-0.4, -0.2) is 7.05 Å². The van der Waals surface area contributed by atoms with Crippen LogP contribution in [-0.2, 0) is 0 Å². The highest BCUT2D eigenvalue weighted by Gasteiger charge is 2.16. The summed E-state index contributed by atoms with van der Waals surface area (Å²) in [6.45, 7) is 0. The number of hydrogen-bond acceptors (Lipinski definition) is 1.